The van der Waals surface area contributed by atoms with Gasteiger partial charge in [0, 0.05) is 39.5 Å². The molecule has 0 bridgehead atoms. The molecule has 12 rings (SSSR count). The van der Waals surface area contributed by atoms with E-state index in [1.807, 2.05) is 24.4 Å². The van der Waals surface area contributed by atoms with E-state index in [1.54, 1.807) is 6.07 Å². The van der Waals surface area contributed by atoms with Gasteiger partial charge in [-0.15, -0.1) is 0 Å². The number of phenolic OH excluding ortho intramolecular Hbond substituents is 1. The van der Waals surface area contributed by atoms with Gasteiger partial charge in [-0.3, -0.25) is 9.55 Å². The van der Waals surface area contributed by atoms with Crippen LogP contribution in [0.4, 0.5) is 0 Å². The van der Waals surface area contributed by atoms with E-state index in [-0.39, 0.29) is 32.8 Å². The Morgan fingerprint density at radius 1 is 0.318 bits per heavy atom. The predicted molar refractivity (Wildman–Crippen MR) is 361 cm³/mol. The van der Waals surface area contributed by atoms with E-state index in [9.17, 15) is 5.11 Å². The summed E-state index contributed by atoms with van der Waals surface area (Å²) in [7, 11) is 0. The summed E-state index contributed by atoms with van der Waals surface area (Å²) in [6.45, 7) is 34.1. The number of benzene rings is 9. The predicted octanol–water partition coefficient (Wildman–Crippen LogP) is 21.7. The summed E-state index contributed by atoms with van der Waals surface area (Å²) >= 11 is 0. The molecular weight excluding hydrogens is 1030 g/mol. The van der Waals surface area contributed by atoms with E-state index in [2.05, 4.69) is 289 Å². The van der Waals surface area contributed by atoms with Gasteiger partial charge in [-0.2, -0.15) is 0 Å². The highest BCUT2D eigenvalue weighted by Gasteiger charge is 2.27. The third kappa shape index (κ3) is 10.9. The average Bonchev–Trinajstić information content (AvgIpc) is 2.54. The van der Waals surface area contributed by atoms with Gasteiger partial charge in [-0.1, -0.05) is 219 Å². The molecule has 0 amide bonds. The van der Waals surface area contributed by atoms with Gasteiger partial charge in [-0.05, 0) is 179 Å². The van der Waals surface area contributed by atoms with Crippen molar-refractivity contribution in [2.45, 2.75) is 131 Å². The van der Waals surface area contributed by atoms with Crippen molar-refractivity contribution in [1.29, 1.82) is 0 Å². The number of phenols is 1. The lowest BCUT2D eigenvalue weighted by molar-refractivity contribution is 0.477. The summed E-state index contributed by atoms with van der Waals surface area (Å²) in [5, 5.41) is 14.0. The number of hydrogen-bond acceptors (Lipinski definition) is 3. The Balaban J connectivity index is 1.01. The summed E-state index contributed by atoms with van der Waals surface area (Å²) in [6.07, 6.45) is 1.96. The van der Waals surface area contributed by atoms with Gasteiger partial charge in [0.1, 0.15) is 11.6 Å². The smallest absolute Gasteiger partial charge is 0.149 e. The molecule has 0 aliphatic carbocycles. The first-order valence-corrected chi connectivity index (χ1v) is 30.2. The lowest BCUT2D eigenvalue weighted by atomic mass is 9.80. The van der Waals surface area contributed by atoms with Crippen molar-refractivity contribution in [1.82, 2.24) is 19.1 Å². The lowest BCUT2D eigenvalue weighted by Gasteiger charge is -2.27. The van der Waals surface area contributed by atoms with Gasteiger partial charge >= 0.3 is 0 Å². The standard InChI is InChI=1S/C80H80N4O/c1-76(2,3)58-32-27-50(28-33-58)54-39-55(51-29-34-59(35-30-51)77(4,5)6)44-63(43-54)83-70-24-18-16-21-66(70)67-36-31-52(46-72(67)83)53-37-38-81-69(45-53)57-40-56(41-60(42-57)78(7,8)9)65-23-20-25-71-74(65)82-75(68-22-17-19-26-73(68)85)84(71)64-48-61(79(10,11)12)47-62(49-64)80(13,14)15/h16-49,85H,1-15H3. The van der Waals surface area contributed by atoms with Gasteiger partial charge in [0.15, 0.2) is 0 Å². The van der Waals surface area contributed by atoms with E-state index in [0.29, 0.717) is 11.4 Å². The third-order valence-corrected chi connectivity index (χ3v) is 17.3. The van der Waals surface area contributed by atoms with Crippen molar-refractivity contribution < 1.29 is 5.11 Å². The molecule has 0 saturated carbocycles. The zero-order valence-corrected chi connectivity index (χ0v) is 52.4. The zero-order valence-electron chi connectivity index (χ0n) is 52.4. The Hall–Kier alpha value is -8.80. The quantitative estimate of drug-likeness (QED) is 0.165. The van der Waals surface area contributed by atoms with Crippen LogP contribution in [0.25, 0.3) is 111 Å². The molecule has 0 saturated heterocycles. The Bertz CT molecular complexity index is 4420. The molecule has 3 aromatic heterocycles. The van der Waals surface area contributed by atoms with Gasteiger partial charge in [-0.25, -0.2) is 4.98 Å². The zero-order chi connectivity index (χ0) is 60.1. The minimum Gasteiger partial charge on any atom is -0.507 e. The maximum absolute atomic E-state index is 11.5. The van der Waals surface area contributed by atoms with Crippen LogP contribution in [0.3, 0.4) is 0 Å². The fourth-order valence-electron chi connectivity index (χ4n) is 12.0. The Morgan fingerprint density at radius 3 is 1.40 bits per heavy atom. The van der Waals surface area contributed by atoms with Crippen molar-refractivity contribution in [3.63, 3.8) is 0 Å². The summed E-state index contributed by atoms with van der Waals surface area (Å²) in [6, 6.07) is 73.5. The molecule has 9 aromatic carbocycles. The number of fused-ring (bicyclic) bond motifs is 4. The Morgan fingerprint density at radius 2 is 0.800 bits per heavy atom. The second-order valence-corrected chi connectivity index (χ2v) is 28.7. The number of para-hydroxylation sites is 3. The third-order valence-electron chi connectivity index (χ3n) is 17.3. The molecular formula is C80H80N4O. The first-order chi connectivity index (χ1) is 40.2. The number of imidazole rings is 1. The number of pyridine rings is 1. The SMILES string of the molecule is CC(C)(C)c1ccc(-c2cc(-c3ccc(C(C)(C)C)cc3)cc(-n3c4ccccc4c4ccc(-c5ccnc(-c6cc(-c7cccc8c7nc(-c7ccccc7O)n8-c7cc(C(C)(C)C)cc(C(C)(C)C)c7)cc(C(C)(C)C)c6)c5)cc43)c2)cc1. The molecule has 0 aliphatic heterocycles. The van der Waals surface area contributed by atoms with E-state index < -0.39 is 0 Å². The fraction of sp³-hybridized carbons (Fsp3) is 0.250. The van der Waals surface area contributed by atoms with Gasteiger partial charge in [0.2, 0.25) is 0 Å². The van der Waals surface area contributed by atoms with E-state index in [1.165, 1.54) is 60.8 Å². The van der Waals surface area contributed by atoms with Crippen LogP contribution < -0.4 is 0 Å². The normalized spacial score (nSPS) is 12.7. The van der Waals surface area contributed by atoms with Crippen molar-refractivity contribution in [3.8, 4) is 84.3 Å². The Kier molecular flexibility index (Phi) is 13.8. The first kappa shape index (κ1) is 56.7. The van der Waals surface area contributed by atoms with Crippen molar-refractivity contribution in [3.05, 3.63) is 234 Å². The molecule has 12 aromatic rings. The summed E-state index contributed by atoms with van der Waals surface area (Å²) in [5.41, 5.74) is 23.8. The molecule has 0 unspecified atom stereocenters. The molecule has 0 fully saturated rings. The van der Waals surface area contributed by atoms with Crippen LogP contribution in [0.1, 0.15) is 132 Å². The molecule has 5 heteroatoms. The number of rotatable bonds is 8. The Labute approximate surface area is 503 Å². The van der Waals surface area contributed by atoms with Gasteiger partial charge in [0.05, 0.1) is 33.3 Å². The molecule has 5 nitrogen and oxygen atoms in total. The maximum atomic E-state index is 11.5. The number of hydrogen-bond donors (Lipinski definition) is 1. The first-order valence-electron chi connectivity index (χ1n) is 30.2. The van der Waals surface area contributed by atoms with Crippen LogP contribution in [0.2, 0.25) is 0 Å². The summed E-state index contributed by atoms with van der Waals surface area (Å²) in [5.74, 6) is 0.875. The lowest BCUT2D eigenvalue weighted by Crippen LogP contribution is -2.17. The second-order valence-electron chi connectivity index (χ2n) is 28.7. The molecule has 0 radical (unpaired) electrons. The van der Waals surface area contributed by atoms with Gasteiger partial charge in [0.25, 0.3) is 0 Å². The minimum atomic E-state index is -0.186. The topological polar surface area (TPSA) is 55.9 Å². The molecule has 85 heavy (non-hydrogen) atoms. The summed E-state index contributed by atoms with van der Waals surface area (Å²) in [4.78, 5) is 10.7. The number of aromatic nitrogens is 4. The van der Waals surface area contributed by atoms with Crippen LogP contribution >= 0.6 is 0 Å². The molecule has 0 atom stereocenters. The molecule has 0 aliphatic rings. The molecule has 1 N–H and O–H groups in total. The highest BCUT2D eigenvalue weighted by molar-refractivity contribution is 6.10. The molecule has 426 valence electrons. The second kappa shape index (κ2) is 20.8. The van der Waals surface area contributed by atoms with Crippen LogP contribution in [-0.2, 0) is 27.1 Å². The van der Waals surface area contributed by atoms with E-state index in [0.717, 1.165) is 67.0 Å². The largest absolute Gasteiger partial charge is 0.507 e. The summed E-state index contributed by atoms with van der Waals surface area (Å²) < 4.78 is 4.72. The van der Waals surface area contributed by atoms with Crippen LogP contribution in [0.5, 0.6) is 5.75 Å². The van der Waals surface area contributed by atoms with Gasteiger partial charge < -0.3 is 9.67 Å². The monoisotopic (exact) mass is 1110 g/mol. The van der Waals surface area contributed by atoms with E-state index >= 15 is 0 Å². The van der Waals surface area contributed by atoms with Crippen molar-refractivity contribution in [2.24, 2.45) is 0 Å². The van der Waals surface area contributed by atoms with Crippen LogP contribution in [0, 0.1) is 0 Å². The van der Waals surface area contributed by atoms with Crippen molar-refractivity contribution in [2.75, 3.05) is 0 Å². The highest BCUT2D eigenvalue weighted by Crippen LogP contribution is 2.44. The molecule has 0 spiro atoms. The van der Waals surface area contributed by atoms with Crippen molar-refractivity contribution >= 4 is 32.8 Å². The fourth-order valence-corrected chi connectivity index (χ4v) is 12.0. The minimum absolute atomic E-state index is 0.0508. The van der Waals surface area contributed by atoms with E-state index in [4.69, 9.17) is 9.97 Å². The average molecular weight is 1110 g/mol. The van der Waals surface area contributed by atoms with Crippen LogP contribution in [-0.4, -0.2) is 24.2 Å². The number of nitrogens with zero attached hydrogens (tertiary/aromatic N) is 4. The maximum Gasteiger partial charge on any atom is 0.149 e. The van der Waals surface area contributed by atoms with Crippen LogP contribution in [0.15, 0.2) is 206 Å². The number of aromatic hydroxyl groups is 1. The highest BCUT2D eigenvalue weighted by atomic mass is 16.3. The molecule has 3 heterocycles.